The van der Waals surface area contributed by atoms with Gasteiger partial charge in [0.1, 0.15) is 16.9 Å². The molecular weight excluding hydrogens is 456 g/mol. The average Bonchev–Trinajstić information content (AvgIpc) is 3.60. The maximum atomic E-state index is 12.4. The molecule has 36 heavy (non-hydrogen) atoms. The van der Waals surface area contributed by atoms with E-state index in [-0.39, 0.29) is 0 Å². The minimum absolute atomic E-state index is 0.402. The number of carbonyl (C=O) groups is 1. The number of hydrogen-bond acceptors (Lipinski definition) is 6. The van der Waals surface area contributed by atoms with Crippen LogP contribution in [0.1, 0.15) is 41.6 Å². The SMILES string of the molecule is COC(=O)c1cc(OC)c2c(c1)nc1n2Cc2cnn(c2)CCCCCCn2c-1cc1cccnc12. The lowest BCUT2D eigenvalue weighted by Crippen LogP contribution is -2.08. The molecule has 1 aromatic carbocycles. The smallest absolute Gasteiger partial charge is 0.338 e. The molecule has 1 aliphatic heterocycles. The number of methoxy groups -OCH3 is 2. The number of fused-ring (bicyclic) bond motifs is 9. The molecule has 0 unspecified atom stereocenters. The summed E-state index contributed by atoms with van der Waals surface area (Å²) in [6.07, 6.45) is 10.3. The number of hydrogen-bond donors (Lipinski definition) is 0. The van der Waals surface area contributed by atoms with Crippen LogP contribution >= 0.6 is 0 Å². The zero-order valence-electron chi connectivity index (χ0n) is 20.5. The zero-order chi connectivity index (χ0) is 24.6. The van der Waals surface area contributed by atoms with E-state index >= 15 is 0 Å². The molecular formula is C27H28N6O3. The van der Waals surface area contributed by atoms with Gasteiger partial charge in [-0.1, -0.05) is 12.8 Å². The fraction of sp³-hybridized carbons (Fsp3) is 0.333. The van der Waals surface area contributed by atoms with E-state index in [4.69, 9.17) is 19.4 Å². The second-order valence-electron chi connectivity index (χ2n) is 9.18. The highest BCUT2D eigenvalue weighted by molar-refractivity contribution is 5.97. The van der Waals surface area contributed by atoms with Crippen LogP contribution in [-0.4, -0.2) is 49.1 Å². The molecule has 5 aromatic rings. The molecule has 0 N–H and O–H groups in total. The zero-order valence-corrected chi connectivity index (χ0v) is 20.5. The van der Waals surface area contributed by atoms with Crippen molar-refractivity contribution in [1.29, 1.82) is 0 Å². The quantitative estimate of drug-likeness (QED) is 0.339. The molecule has 0 aliphatic carbocycles. The maximum absolute atomic E-state index is 12.4. The van der Waals surface area contributed by atoms with Gasteiger partial charge in [-0.3, -0.25) is 4.68 Å². The summed E-state index contributed by atoms with van der Waals surface area (Å²) in [5.74, 6) is 0.943. The molecule has 9 heteroatoms. The predicted octanol–water partition coefficient (Wildman–Crippen LogP) is 4.67. The predicted molar refractivity (Wildman–Crippen MR) is 136 cm³/mol. The van der Waals surface area contributed by atoms with E-state index in [9.17, 15) is 4.79 Å². The van der Waals surface area contributed by atoms with Crippen LogP contribution in [0.2, 0.25) is 0 Å². The monoisotopic (exact) mass is 484 g/mol. The third kappa shape index (κ3) is 3.80. The Morgan fingerprint density at radius 1 is 1.03 bits per heavy atom. The molecule has 0 atom stereocenters. The number of carbonyl (C=O) groups excluding carboxylic acids is 1. The van der Waals surface area contributed by atoms with Crippen LogP contribution < -0.4 is 4.74 Å². The van der Waals surface area contributed by atoms with E-state index in [1.165, 1.54) is 7.11 Å². The number of esters is 1. The van der Waals surface area contributed by atoms with Gasteiger partial charge in [0.25, 0.3) is 0 Å². The van der Waals surface area contributed by atoms with Gasteiger partial charge >= 0.3 is 5.97 Å². The van der Waals surface area contributed by atoms with Crippen molar-refractivity contribution < 1.29 is 14.3 Å². The molecule has 9 nitrogen and oxygen atoms in total. The molecule has 0 spiro atoms. The highest BCUT2D eigenvalue weighted by atomic mass is 16.5. The Balaban J connectivity index is 1.64. The number of nitrogens with zero attached hydrogens (tertiary/aromatic N) is 6. The summed E-state index contributed by atoms with van der Waals surface area (Å²) in [6.45, 7) is 2.32. The Bertz CT molecular complexity index is 1580. The van der Waals surface area contributed by atoms with Crippen molar-refractivity contribution in [3.8, 4) is 17.3 Å². The van der Waals surface area contributed by atoms with E-state index in [1.54, 1.807) is 19.2 Å². The van der Waals surface area contributed by atoms with Gasteiger partial charge in [0.05, 0.1) is 43.7 Å². The lowest BCUT2D eigenvalue weighted by molar-refractivity contribution is 0.0600. The van der Waals surface area contributed by atoms with Gasteiger partial charge in [-0.05, 0) is 43.2 Å². The maximum Gasteiger partial charge on any atom is 0.338 e. The number of ether oxygens (including phenoxy) is 2. The second-order valence-corrected chi connectivity index (χ2v) is 9.18. The van der Waals surface area contributed by atoms with Crippen LogP contribution in [0, 0.1) is 0 Å². The van der Waals surface area contributed by atoms with Crippen LogP contribution in [-0.2, 0) is 24.4 Å². The number of imidazole rings is 1. The first-order valence-electron chi connectivity index (χ1n) is 12.3. The van der Waals surface area contributed by atoms with Crippen molar-refractivity contribution >= 4 is 28.0 Å². The highest BCUT2D eigenvalue weighted by Crippen LogP contribution is 2.35. The van der Waals surface area contributed by atoms with Gasteiger partial charge in [-0.2, -0.15) is 5.10 Å². The number of rotatable bonds is 2. The Labute approximate surface area is 208 Å². The molecule has 0 saturated heterocycles. The molecule has 4 aromatic heterocycles. The summed E-state index contributed by atoms with van der Waals surface area (Å²) in [7, 11) is 2.98. The van der Waals surface area contributed by atoms with Crippen molar-refractivity contribution in [1.82, 2.24) is 28.9 Å². The van der Waals surface area contributed by atoms with E-state index in [2.05, 4.69) is 32.6 Å². The lowest BCUT2D eigenvalue weighted by atomic mass is 10.1. The van der Waals surface area contributed by atoms with Crippen molar-refractivity contribution in [3.05, 3.63) is 60.0 Å². The highest BCUT2D eigenvalue weighted by Gasteiger charge is 2.23. The third-order valence-electron chi connectivity index (χ3n) is 6.88. The molecule has 2 bridgehead atoms. The van der Waals surface area contributed by atoms with E-state index < -0.39 is 5.97 Å². The Morgan fingerprint density at radius 2 is 1.89 bits per heavy atom. The summed E-state index contributed by atoms with van der Waals surface area (Å²) < 4.78 is 17.2. The first-order valence-corrected chi connectivity index (χ1v) is 12.3. The van der Waals surface area contributed by atoms with Gasteiger partial charge in [0, 0.05) is 36.4 Å². The van der Waals surface area contributed by atoms with Gasteiger partial charge in [-0.15, -0.1) is 0 Å². The average molecular weight is 485 g/mol. The first kappa shape index (κ1) is 22.3. The molecule has 0 fully saturated rings. The minimum Gasteiger partial charge on any atom is -0.494 e. The number of pyridine rings is 1. The fourth-order valence-corrected chi connectivity index (χ4v) is 5.16. The molecule has 5 heterocycles. The topological polar surface area (TPSA) is 89.0 Å². The summed E-state index contributed by atoms with van der Waals surface area (Å²) >= 11 is 0. The van der Waals surface area contributed by atoms with E-state index in [0.717, 1.165) is 72.4 Å². The largest absolute Gasteiger partial charge is 0.494 e. The number of aryl methyl sites for hydroxylation is 2. The van der Waals surface area contributed by atoms with Crippen LogP contribution in [0.5, 0.6) is 5.75 Å². The Hall–Kier alpha value is -4.14. The number of aromatic nitrogens is 6. The molecule has 0 saturated carbocycles. The van der Waals surface area contributed by atoms with E-state index in [1.807, 2.05) is 23.1 Å². The summed E-state index contributed by atoms with van der Waals surface area (Å²) in [5, 5.41) is 5.67. The lowest BCUT2D eigenvalue weighted by Gasteiger charge is -2.14. The van der Waals surface area contributed by atoms with Crippen molar-refractivity contribution in [2.45, 2.75) is 45.3 Å². The van der Waals surface area contributed by atoms with Crippen LogP contribution in [0.4, 0.5) is 0 Å². The van der Waals surface area contributed by atoms with Crippen LogP contribution in [0.15, 0.2) is 48.9 Å². The minimum atomic E-state index is -0.427. The molecule has 0 radical (unpaired) electrons. The van der Waals surface area contributed by atoms with Crippen LogP contribution in [0.3, 0.4) is 0 Å². The molecule has 6 rings (SSSR count). The summed E-state index contributed by atoms with van der Waals surface area (Å²) in [4.78, 5) is 22.1. The summed E-state index contributed by atoms with van der Waals surface area (Å²) in [5.41, 5.74) is 4.92. The summed E-state index contributed by atoms with van der Waals surface area (Å²) in [6, 6.07) is 9.69. The van der Waals surface area contributed by atoms with Crippen LogP contribution in [0.25, 0.3) is 33.6 Å². The third-order valence-corrected chi connectivity index (χ3v) is 6.88. The van der Waals surface area contributed by atoms with Crippen molar-refractivity contribution in [2.24, 2.45) is 0 Å². The second kappa shape index (κ2) is 9.14. The Morgan fingerprint density at radius 3 is 2.72 bits per heavy atom. The molecule has 184 valence electrons. The van der Waals surface area contributed by atoms with Gasteiger partial charge in [0.15, 0.2) is 5.82 Å². The van der Waals surface area contributed by atoms with Gasteiger partial charge in [-0.25, -0.2) is 14.8 Å². The van der Waals surface area contributed by atoms with Gasteiger partial charge < -0.3 is 18.6 Å². The van der Waals surface area contributed by atoms with Crippen molar-refractivity contribution in [3.63, 3.8) is 0 Å². The first-order chi connectivity index (χ1) is 17.7. The fourth-order valence-electron chi connectivity index (χ4n) is 5.16. The molecule has 1 aliphatic rings. The molecule has 0 amide bonds. The van der Waals surface area contributed by atoms with E-state index in [0.29, 0.717) is 23.4 Å². The normalized spacial score (nSPS) is 14.3. The Kier molecular flexibility index (Phi) is 5.67. The number of benzene rings is 1. The van der Waals surface area contributed by atoms with Crippen molar-refractivity contribution in [2.75, 3.05) is 14.2 Å². The van der Waals surface area contributed by atoms with Gasteiger partial charge in [0.2, 0.25) is 0 Å². The standard InChI is InChI=1S/C27H28N6O3/c1-35-23-14-20(27(34)36-2)12-21-24(23)33-17-18-15-29-31(16-18)10-5-3-4-6-11-32-22(26(33)30-21)13-19-8-7-9-28-25(19)32/h7-9,12-16H,3-6,10-11,17H2,1-2H3.